The SMILES string of the molecule is CNCc1c(C)cc(C)nc1N(C)c1ccc(C)cc1C. The van der Waals surface area contributed by atoms with Gasteiger partial charge in [0.15, 0.2) is 0 Å². The summed E-state index contributed by atoms with van der Waals surface area (Å²) in [6.07, 6.45) is 0. The van der Waals surface area contributed by atoms with Gasteiger partial charge in [0.25, 0.3) is 0 Å². The number of benzene rings is 1. The van der Waals surface area contributed by atoms with Crippen LogP contribution in [0.1, 0.15) is 27.9 Å². The molecule has 1 heterocycles. The van der Waals surface area contributed by atoms with Gasteiger partial charge in [0.2, 0.25) is 0 Å². The van der Waals surface area contributed by atoms with Gasteiger partial charge in [-0.25, -0.2) is 4.98 Å². The largest absolute Gasteiger partial charge is 0.329 e. The Morgan fingerprint density at radius 1 is 1.05 bits per heavy atom. The van der Waals surface area contributed by atoms with Gasteiger partial charge in [-0.05, 0) is 58.0 Å². The van der Waals surface area contributed by atoms with Crippen LogP contribution in [0.2, 0.25) is 0 Å². The lowest BCUT2D eigenvalue weighted by atomic mass is 10.1. The van der Waals surface area contributed by atoms with E-state index in [0.29, 0.717) is 0 Å². The molecule has 0 aliphatic rings. The molecule has 21 heavy (non-hydrogen) atoms. The molecular formula is C18H25N3. The second-order valence-corrected chi connectivity index (χ2v) is 5.76. The second-order valence-electron chi connectivity index (χ2n) is 5.76. The van der Waals surface area contributed by atoms with Gasteiger partial charge in [0.1, 0.15) is 5.82 Å². The first-order valence-electron chi connectivity index (χ1n) is 7.36. The van der Waals surface area contributed by atoms with E-state index in [2.05, 4.69) is 69.2 Å². The van der Waals surface area contributed by atoms with Crippen molar-refractivity contribution in [2.24, 2.45) is 0 Å². The summed E-state index contributed by atoms with van der Waals surface area (Å²) in [5.74, 6) is 1.04. The average Bonchev–Trinajstić information content (AvgIpc) is 2.41. The average molecular weight is 283 g/mol. The molecule has 0 aliphatic heterocycles. The van der Waals surface area contributed by atoms with E-state index >= 15 is 0 Å². The number of rotatable bonds is 4. The topological polar surface area (TPSA) is 28.2 Å². The number of aryl methyl sites for hydroxylation is 4. The standard InChI is InChI=1S/C18H25N3/c1-12-7-8-17(14(3)9-12)21(6)18-16(11-19-5)13(2)10-15(4)20-18/h7-10,19H,11H2,1-6H3. The summed E-state index contributed by atoms with van der Waals surface area (Å²) in [4.78, 5) is 6.97. The number of pyridine rings is 1. The number of nitrogens with one attached hydrogen (secondary N) is 1. The van der Waals surface area contributed by atoms with E-state index in [1.807, 2.05) is 7.05 Å². The quantitative estimate of drug-likeness (QED) is 0.925. The lowest BCUT2D eigenvalue weighted by Crippen LogP contribution is -2.19. The maximum absolute atomic E-state index is 4.78. The lowest BCUT2D eigenvalue weighted by molar-refractivity contribution is 0.802. The van der Waals surface area contributed by atoms with Crippen LogP contribution in [0.3, 0.4) is 0 Å². The van der Waals surface area contributed by atoms with Gasteiger partial charge in [-0.1, -0.05) is 17.7 Å². The zero-order valence-corrected chi connectivity index (χ0v) is 13.9. The molecule has 0 radical (unpaired) electrons. The summed E-state index contributed by atoms with van der Waals surface area (Å²) in [7, 11) is 4.07. The minimum absolute atomic E-state index is 0.823. The minimum Gasteiger partial charge on any atom is -0.329 e. The summed E-state index contributed by atoms with van der Waals surface area (Å²) in [5, 5.41) is 3.25. The predicted octanol–water partition coefficient (Wildman–Crippen LogP) is 3.80. The number of aromatic nitrogens is 1. The highest BCUT2D eigenvalue weighted by Gasteiger charge is 2.15. The monoisotopic (exact) mass is 283 g/mol. The van der Waals surface area contributed by atoms with E-state index in [0.717, 1.165) is 18.1 Å². The molecule has 0 fully saturated rings. The van der Waals surface area contributed by atoms with Crippen LogP contribution in [0, 0.1) is 27.7 Å². The second kappa shape index (κ2) is 6.27. The molecule has 1 aromatic heterocycles. The maximum atomic E-state index is 4.78. The van der Waals surface area contributed by atoms with Crippen LogP contribution in [0.25, 0.3) is 0 Å². The van der Waals surface area contributed by atoms with Crippen molar-refractivity contribution in [2.45, 2.75) is 34.2 Å². The Hall–Kier alpha value is -1.87. The van der Waals surface area contributed by atoms with Crippen LogP contribution in [0.5, 0.6) is 0 Å². The summed E-state index contributed by atoms with van der Waals surface area (Å²) < 4.78 is 0. The molecule has 112 valence electrons. The molecule has 2 aromatic rings. The van der Waals surface area contributed by atoms with Crippen molar-refractivity contribution in [1.82, 2.24) is 10.3 Å². The molecule has 0 saturated carbocycles. The zero-order valence-electron chi connectivity index (χ0n) is 13.9. The van der Waals surface area contributed by atoms with Crippen molar-refractivity contribution >= 4 is 11.5 Å². The first-order chi connectivity index (χ1) is 9.93. The summed E-state index contributed by atoms with van der Waals surface area (Å²) in [5.41, 5.74) is 7.35. The summed E-state index contributed by atoms with van der Waals surface area (Å²) in [6.45, 7) is 9.30. The first-order valence-corrected chi connectivity index (χ1v) is 7.36. The fraction of sp³-hybridized carbons (Fsp3) is 0.389. The van der Waals surface area contributed by atoms with Crippen molar-refractivity contribution in [2.75, 3.05) is 19.0 Å². The molecule has 0 amide bonds. The summed E-state index contributed by atoms with van der Waals surface area (Å²) in [6, 6.07) is 8.69. The van der Waals surface area contributed by atoms with Gasteiger partial charge < -0.3 is 10.2 Å². The Bertz CT molecular complexity index is 647. The molecule has 3 heteroatoms. The van der Waals surface area contributed by atoms with E-state index in [9.17, 15) is 0 Å². The van der Waals surface area contributed by atoms with E-state index in [-0.39, 0.29) is 0 Å². The Morgan fingerprint density at radius 3 is 2.38 bits per heavy atom. The highest BCUT2D eigenvalue weighted by atomic mass is 15.2. The fourth-order valence-electron chi connectivity index (χ4n) is 2.81. The van der Waals surface area contributed by atoms with E-state index in [1.54, 1.807) is 0 Å². The van der Waals surface area contributed by atoms with Gasteiger partial charge in [-0.3, -0.25) is 0 Å². The Labute approximate surface area is 128 Å². The van der Waals surface area contributed by atoms with E-state index in [1.165, 1.54) is 27.9 Å². The van der Waals surface area contributed by atoms with E-state index in [4.69, 9.17) is 4.98 Å². The van der Waals surface area contributed by atoms with Crippen molar-refractivity contribution in [1.29, 1.82) is 0 Å². The third-order valence-electron chi connectivity index (χ3n) is 3.84. The molecule has 0 saturated heterocycles. The molecule has 0 aliphatic carbocycles. The first kappa shape index (κ1) is 15.5. The van der Waals surface area contributed by atoms with Gasteiger partial charge in [-0.15, -0.1) is 0 Å². The zero-order chi connectivity index (χ0) is 15.6. The number of nitrogens with zero attached hydrogens (tertiary/aromatic N) is 2. The molecule has 0 spiro atoms. The van der Waals surface area contributed by atoms with Gasteiger partial charge in [0.05, 0.1) is 0 Å². The van der Waals surface area contributed by atoms with Crippen molar-refractivity contribution in [3.8, 4) is 0 Å². The van der Waals surface area contributed by atoms with Crippen molar-refractivity contribution in [3.63, 3.8) is 0 Å². The molecule has 2 rings (SSSR count). The van der Waals surface area contributed by atoms with E-state index < -0.39 is 0 Å². The predicted molar refractivity (Wildman–Crippen MR) is 90.5 cm³/mol. The van der Waals surface area contributed by atoms with Crippen molar-refractivity contribution in [3.05, 3.63) is 52.2 Å². The lowest BCUT2D eigenvalue weighted by Gasteiger charge is -2.25. The van der Waals surface area contributed by atoms with Crippen LogP contribution < -0.4 is 10.2 Å². The highest BCUT2D eigenvalue weighted by Crippen LogP contribution is 2.30. The minimum atomic E-state index is 0.823. The van der Waals surface area contributed by atoms with Crippen LogP contribution in [-0.2, 0) is 6.54 Å². The summed E-state index contributed by atoms with van der Waals surface area (Å²) >= 11 is 0. The molecular weight excluding hydrogens is 258 g/mol. The van der Waals surface area contributed by atoms with Crippen LogP contribution in [0.4, 0.5) is 11.5 Å². The third-order valence-corrected chi connectivity index (χ3v) is 3.84. The molecule has 1 aromatic carbocycles. The smallest absolute Gasteiger partial charge is 0.137 e. The highest BCUT2D eigenvalue weighted by molar-refractivity contribution is 5.67. The molecule has 3 nitrogen and oxygen atoms in total. The molecule has 1 N–H and O–H groups in total. The van der Waals surface area contributed by atoms with Gasteiger partial charge >= 0.3 is 0 Å². The van der Waals surface area contributed by atoms with Crippen LogP contribution >= 0.6 is 0 Å². The maximum Gasteiger partial charge on any atom is 0.137 e. The van der Waals surface area contributed by atoms with Crippen LogP contribution in [0.15, 0.2) is 24.3 Å². The van der Waals surface area contributed by atoms with Crippen LogP contribution in [-0.4, -0.2) is 19.1 Å². The van der Waals surface area contributed by atoms with Gasteiger partial charge in [0, 0.05) is 30.5 Å². The fourth-order valence-corrected chi connectivity index (χ4v) is 2.81. The Kier molecular flexibility index (Phi) is 4.63. The Balaban J connectivity index is 2.54. The molecule has 0 unspecified atom stereocenters. The molecule has 0 atom stereocenters. The normalized spacial score (nSPS) is 10.8. The third kappa shape index (κ3) is 3.24. The number of anilines is 2. The van der Waals surface area contributed by atoms with Gasteiger partial charge in [-0.2, -0.15) is 0 Å². The Morgan fingerprint density at radius 2 is 1.76 bits per heavy atom. The number of hydrogen-bond donors (Lipinski definition) is 1. The number of hydrogen-bond acceptors (Lipinski definition) is 3. The molecule has 0 bridgehead atoms. The van der Waals surface area contributed by atoms with Crippen molar-refractivity contribution < 1.29 is 0 Å².